The van der Waals surface area contributed by atoms with Gasteiger partial charge in [-0.05, 0) is 13.0 Å². The van der Waals surface area contributed by atoms with Crippen molar-refractivity contribution in [3.05, 3.63) is 57.1 Å². The van der Waals surface area contributed by atoms with Gasteiger partial charge in [-0.15, -0.1) is 0 Å². The van der Waals surface area contributed by atoms with Crippen LogP contribution >= 0.6 is 0 Å². The molecule has 0 bridgehead atoms. The predicted molar refractivity (Wildman–Crippen MR) is 97.1 cm³/mol. The van der Waals surface area contributed by atoms with Crippen LogP contribution in [0.5, 0.6) is 5.75 Å². The Hall–Kier alpha value is -3.21. The van der Waals surface area contributed by atoms with E-state index >= 15 is 0 Å². The van der Waals surface area contributed by atoms with Crippen LogP contribution in [0.4, 0.5) is 0 Å². The number of rotatable bonds is 2. The fraction of sp³-hybridized carbons (Fsp3) is 0.350. The van der Waals surface area contributed by atoms with E-state index in [-0.39, 0.29) is 33.4 Å². The minimum absolute atomic E-state index is 0.117. The SMILES string of the molecule is CC(=O)O[C@]1(C)[C@@H](O)C2=C(C3=C(C(=O)c4c(O)cccc4C3=O)C2[NH+]=[N-])[C@@H](O)[C@@H]1O. The summed E-state index contributed by atoms with van der Waals surface area (Å²) >= 11 is 0. The average molecular weight is 414 g/mol. The van der Waals surface area contributed by atoms with Gasteiger partial charge >= 0.3 is 5.97 Å². The standard InChI is InChI=1S/C20H18N2O8/c1-6(23)30-20(2)18(28)13-11(17(27)19(20)29)10-12(14(13)22-21)16(26)9-7(15(10)25)4-3-5-8(9)24/h3-5,14,17-19,22,24,27-29H,1-2H3/t14?,17-,18+,19+,20-/m1/s1. The summed E-state index contributed by atoms with van der Waals surface area (Å²) in [6.45, 7) is 2.24. The first-order valence-electron chi connectivity index (χ1n) is 9.09. The maximum atomic E-state index is 13.2. The fourth-order valence-corrected chi connectivity index (χ4v) is 4.60. The van der Waals surface area contributed by atoms with Gasteiger partial charge in [0.05, 0.1) is 11.1 Å². The van der Waals surface area contributed by atoms with Crippen molar-refractivity contribution in [1.29, 1.82) is 0 Å². The number of ether oxygens (including phenoxy) is 1. The van der Waals surface area contributed by atoms with Crippen molar-refractivity contribution >= 4 is 17.5 Å². The van der Waals surface area contributed by atoms with Crippen LogP contribution < -0.4 is 5.11 Å². The van der Waals surface area contributed by atoms with Crippen LogP contribution in [0.2, 0.25) is 0 Å². The van der Waals surface area contributed by atoms with Crippen molar-refractivity contribution in [2.45, 2.75) is 43.8 Å². The highest BCUT2D eigenvalue weighted by molar-refractivity contribution is 6.30. The second kappa shape index (κ2) is 6.39. The van der Waals surface area contributed by atoms with Gasteiger partial charge in [-0.3, -0.25) is 14.4 Å². The summed E-state index contributed by atoms with van der Waals surface area (Å²) in [4.78, 5) is 37.9. The third-order valence-corrected chi connectivity index (χ3v) is 5.95. The number of aromatic hydroxyl groups is 1. The van der Waals surface area contributed by atoms with E-state index < -0.39 is 53.2 Å². The first-order chi connectivity index (χ1) is 14.1. The number of nitrogens with one attached hydrogen (secondary N) is 1. The van der Waals surface area contributed by atoms with E-state index in [0.717, 1.165) is 6.92 Å². The highest BCUT2D eigenvalue weighted by atomic mass is 16.6. The molecule has 0 aliphatic heterocycles. The quantitative estimate of drug-likeness (QED) is 0.280. The minimum Gasteiger partial charge on any atom is -0.508 e. The molecule has 3 aliphatic carbocycles. The lowest BCUT2D eigenvalue weighted by Gasteiger charge is -2.44. The van der Waals surface area contributed by atoms with E-state index in [2.05, 4.69) is 0 Å². The summed E-state index contributed by atoms with van der Waals surface area (Å²) in [5.41, 5.74) is 6.39. The molecule has 5 atom stereocenters. The van der Waals surface area contributed by atoms with E-state index in [9.17, 15) is 40.3 Å². The number of carbonyl (C=O) groups is 3. The van der Waals surface area contributed by atoms with Gasteiger partial charge in [-0.1, -0.05) is 12.1 Å². The number of aliphatic hydroxyl groups excluding tert-OH is 3. The normalized spacial score (nSPS) is 32.6. The van der Waals surface area contributed by atoms with Gasteiger partial charge < -0.3 is 35.8 Å². The van der Waals surface area contributed by atoms with Gasteiger partial charge in [0, 0.05) is 29.2 Å². The Labute approximate surface area is 169 Å². The summed E-state index contributed by atoms with van der Waals surface area (Å²) in [6, 6.07) is 2.48. The molecule has 10 nitrogen and oxygen atoms in total. The molecule has 0 radical (unpaired) electrons. The van der Waals surface area contributed by atoms with Crippen LogP contribution in [-0.2, 0) is 9.53 Å². The monoisotopic (exact) mass is 414 g/mol. The van der Waals surface area contributed by atoms with Crippen molar-refractivity contribution < 1.29 is 44.7 Å². The molecule has 156 valence electrons. The van der Waals surface area contributed by atoms with Crippen LogP contribution in [0.1, 0.15) is 34.6 Å². The van der Waals surface area contributed by atoms with Crippen molar-refractivity contribution in [1.82, 2.24) is 0 Å². The van der Waals surface area contributed by atoms with E-state index in [1.165, 1.54) is 25.1 Å². The molecule has 3 aliphatic rings. The number of carbonyl (C=O) groups excluding carboxylic acids is 3. The van der Waals surface area contributed by atoms with Gasteiger partial charge in [0.15, 0.2) is 17.4 Å². The Bertz CT molecular complexity index is 1100. The number of nitrogens with zero attached hydrogens (tertiary/aromatic N) is 1. The zero-order chi connectivity index (χ0) is 22.1. The number of phenols is 1. The molecule has 0 aromatic heterocycles. The third kappa shape index (κ3) is 2.32. The van der Waals surface area contributed by atoms with Gasteiger partial charge in [-0.25, -0.2) is 0 Å². The smallest absolute Gasteiger partial charge is 0.303 e. The zero-order valence-electron chi connectivity index (χ0n) is 15.9. The lowest BCUT2D eigenvalue weighted by molar-refractivity contribution is -0.504. The molecule has 4 rings (SSSR count). The van der Waals surface area contributed by atoms with Crippen LogP contribution in [0, 0.1) is 0 Å². The molecule has 0 saturated heterocycles. The van der Waals surface area contributed by atoms with Crippen molar-refractivity contribution in [2.75, 3.05) is 0 Å². The first kappa shape index (κ1) is 20.1. The molecule has 1 aromatic rings. The molecule has 0 spiro atoms. The Balaban J connectivity index is 1.96. The molecular formula is C20H18N2O8. The third-order valence-electron chi connectivity index (χ3n) is 5.95. The average Bonchev–Trinajstić information content (AvgIpc) is 3.04. The molecule has 0 saturated carbocycles. The first-order valence-corrected chi connectivity index (χ1v) is 9.09. The Morgan fingerprint density at radius 3 is 2.43 bits per heavy atom. The molecular weight excluding hydrogens is 396 g/mol. The minimum atomic E-state index is -2.02. The van der Waals surface area contributed by atoms with Gasteiger partial charge in [-0.2, -0.15) is 0 Å². The molecule has 0 amide bonds. The summed E-state index contributed by atoms with van der Waals surface area (Å²) < 4.78 is 5.09. The number of aliphatic hydroxyl groups is 3. The lowest BCUT2D eigenvalue weighted by atomic mass is 9.73. The highest BCUT2D eigenvalue weighted by Crippen LogP contribution is 2.49. The van der Waals surface area contributed by atoms with Crippen LogP contribution in [0.25, 0.3) is 5.53 Å². The maximum Gasteiger partial charge on any atom is 0.303 e. The second-order valence-electron chi connectivity index (χ2n) is 7.65. The van der Waals surface area contributed by atoms with Crippen LogP contribution in [-0.4, -0.2) is 67.9 Å². The van der Waals surface area contributed by atoms with E-state index in [1.807, 2.05) is 5.11 Å². The number of ketones is 2. The molecule has 10 heteroatoms. The zero-order valence-corrected chi connectivity index (χ0v) is 15.9. The van der Waals surface area contributed by atoms with Gasteiger partial charge in [0.1, 0.15) is 24.1 Å². The van der Waals surface area contributed by atoms with Crippen molar-refractivity contribution in [2.24, 2.45) is 0 Å². The summed E-state index contributed by atoms with van der Waals surface area (Å²) in [5, 5.41) is 44.4. The van der Waals surface area contributed by atoms with Gasteiger partial charge in [0.25, 0.3) is 0 Å². The highest BCUT2D eigenvalue weighted by Gasteiger charge is 2.61. The topological polar surface area (TPSA) is 178 Å². The number of Topliss-reactive ketones (excluding diaryl/α,β-unsaturated/α-hetero) is 2. The van der Waals surface area contributed by atoms with Crippen LogP contribution in [0.15, 0.2) is 40.5 Å². The second-order valence-corrected chi connectivity index (χ2v) is 7.65. The summed E-state index contributed by atoms with van der Waals surface area (Å²) in [7, 11) is 0. The maximum absolute atomic E-state index is 13.2. The predicted octanol–water partition coefficient (Wildman–Crippen LogP) is -1.73. The Morgan fingerprint density at radius 1 is 1.17 bits per heavy atom. The molecule has 0 heterocycles. The largest absolute Gasteiger partial charge is 0.508 e. The lowest BCUT2D eigenvalue weighted by Crippen LogP contribution is -2.75. The number of esters is 1. The number of phenolic OH excluding ortho intramolecular Hbond substituents is 1. The van der Waals surface area contributed by atoms with Crippen LogP contribution in [0.3, 0.4) is 0 Å². The Kier molecular flexibility index (Phi) is 4.28. The molecule has 5 N–H and O–H groups in total. The fourth-order valence-electron chi connectivity index (χ4n) is 4.60. The van der Waals surface area contributed by atoms with Crippen molar-refractivity contribution in [3.8, 4) is 5.75 Å². The van der Waals surface area contributed by atoms with E-state index in [4.69, 9.17) is 4.74 Å². The molecule has 1 aromatic carbocycles. The summed E-state index contributed by atoms with van der Waals surface area (Å²) in [5.74, 6) is -2.80. The van der Waals surface area contributed by atoms with Gasteiger partial charge in [0.2, 0.25) is 5.78 Å². The molecule has 1 unspecified atom stereocenters. The number of hydrogen-bond acceptors (Lipinski definition) is 8. The van der Waals surface area contributed by atoms with Crippen molar-refractivity contribution in [3.63, 3.8) is 0 Å². The number of fused-ring (bicyclic) bond motifs is 2. The number of benzene rings is 1. The summed E-state index contributed by atoms with van der Waals surface area (Å²) in [6.07, 6.45) is -5.43. The van der Waals surface area contributed by atoms with E-state index in [1.54, 1.807) is 0 Å². The molecule has 0 fully saturated rings. The Morgan fingerprint density at radius 2 is 1.83 bits per heavy atom. The molecule has 30 heavy (non-hydrogen) atoms. The van der Waals surface area contributed by atoms with E-state index in [0.29, 0.717) is 0 Å². The number of hydrogen-bond donors (Lipinski definition) is 5.